The average molecular weight is 460 g/mol. The van der Waals surface area contributed by atoms with E-state index in [9.17, 15) is 4.79 Å². The van der Waals surface area contributed by atoms with Crippen LogP contribution in [0.5, 0.6) is 0 Å². The summed E-state index contributed by atoms with van der Waals surface area (Å²) in [6.45, 7) is 1.81. The van der Waals surface area contributed by atoms with Gasteiger partial charge in [0.1, 0.15) is 5.82 Å². The molecule has 8 nitrogen and oxygen atoms in total. The number of hydrogen-bond donors (Lipinski definition) is 3. The van der Waals surface area contributed by atoms with E-state index in [4.69, 9.17) is 0 Å². The molecular formula is C27H21N7O. The van der Waals surface area contributed by atoms with Crippen LogP contribution in [-0.2, 0) is 4.79 Å². The minimum Gasteiger partial charge on any atom is -0.353 e. The number of benzene rings is 1. The van der Waals surface area contributed by atoms with Crippen LogP contribution >= 0.6 is 0 Å². The Morgan fingerprint density at radius 1 is 0.914 bits per heavy atom. The molecule has 170 valence electrons. The van der Waals surface area contributed by atoms with Crippen molar-refractivity contribution in [2.75, 3.05) is 5.32 Å². The maximum atomic E-state index is 11.6. The number of fused-ring (bicyclic) bond motifs is 2. The predicted molar refractivity (Wildman–Crippen MR) is 137 cm³/mol. The second-order valence-corrected chi connectivity index (χ2v) is 8.22. The third-order valence-electron chi connectivity index (χ3n) is 6.00. The van der Waals surface area contributed by atoms with Gasteiger partial charge in [0.15, 0.2) is 5.65 Å². The Morgan fingerprint density at radius 3 is 2.63 bits per heavy atom. The van der Waals surface area contributed by atoms with E-state index in [1.165, 1.54) is 0 Å². The molecule has 3 N–H and O–H groups in total. The van der Waals surface area contributed by atoms with E-state index in [1.54, 1.807) is 31.6 Å². The van der Waals surface area contributed by atoms with Crippen molar-refractivity contribution in [2.24, 2.45) is 0 Å². The lowest BCUT2D eigenvalue weighted by molar-refractivity contribution is -0.115. The van der Waals surface area contributed by atoms with Crippen LogP contribution in [0.25, 0.3) is 55.6 Å². The molecule has 0 bridgehead atoms. The number of carbonyl (C=O) groups is 1. The number of aromatic amines is 2. The number of amides is 1. The van der Waals surface area contributed by atoms with E-state index >= 15 is 0 Å². The number of nitrogens with one attached hydrogen (secondary N) is 3. The fourth-order valence-corrected chi connectivity index (χ4v) is 4.20. The minimum atomic E-state index is -0.0682. The van der Waals surface area contributed by atoms with Crippen molar-refractivity contribution >= 4 is 33.7 Å². The van der Waals surface area contributed by atoms with E-state index in [0.717, 1.165) is 49.9 Å². The molecule has 6 aromatic rings. The Bertz CT molecular complexity index is 1670. The minimum absolute atomic E-state index is 0.0682. The maximum absolute atomic E-state index is 11.6. The molecule has 0 saturated carbocycles. The summed E-state index contributed by atoms with van der Waals surface area (Å²) in [4.78, 5) is 28.3. The molecule has 1 aromatic carbocycles. The van der Waals surface area contributed by atoms with Gasteiger partial charge >= 0.3 is 0 Å². The predicted octanol–water partition coefficient (Wildman–Crippen LogP) is 5.58. The summed E-state index contributed by atoms with van der Waals surface area (Å²) in [6.07, 6.45) is 7.57. The van der Waals surface area contributed by atoms with Gasteiger partial charge in [-0.15, -0.1) is 0 Å². The molecule has 1 amide bonds. The molecule has 6 rings (SSSR count). The van der Waals surface area contributed by atoms with Crippen molar-refractivity contribution in [3.05, 3.63) is 79.4 Å². The summed E-state index contributed by atoms with van der Waals surface area (Å²) in [5.74, 6) is 0.461. The summed E-state index contributed by atoms with van der Waals surface area (Å²) in [5, 5.41) is 12.3. The lowest BCUT2D eigenvalue weighted by Crippen LogP contribution is -2.10. The van der Waals surface area contributed by atoms with Gasteiger partial charge in [0.25, 0.3) is 0 Å². The zero-order valence-corrected chi connectivity index (χ0v) is 18.9. The Labute approximate surface area is 200 Å². The molecule has 0 unspecified atom stereocenters. The van der Waals surface area contributed by atoms with Gasteiger partial charge in [0.05, 0.1) is 11.4 Å². The smallest absolute Gasteiger partial charge is 0.225 e. The average Bonchev–Trinajstić information content (AvgIpc) is 3.53. The van der Waals surface area contributed by atoms with Gasteiger partial charge in [-0.1, -0.05) is 25.1 Å². The first-order chi connectivity index (χ1) is 17.2. The normalized spacial score (nSPS) is 11.2. The SMILES string of the molecule is CCC(=O)Nc1ccc(-c2cnc3n[nH]c(-c4cc5c(-c6cccnc6)cccc5[nH]4)c3c2)cn1. The van der Waals surface area contributed by atoms with Crippen LogP contribution in [-0.4, -0.2) is 36.0 Å². The first-order valence-corrected chi connectivity index (χ1v) is 11.3. The lowest BCUT2D eigenvalue weighted by Gasteiger charge is -2.05. The fraction of sp³-hybridized carbons (Fsp3) is 0.0741. The van der Waals surface area contributed by atoms with Crippen molar-refractivity contribution in [3.63, 3.8) is 0 Å². The van der Waals surface area contributed by atoms with E-state index < -0.39 is 0 Å². The third kappa shape index (κ3) is 3.80. The number of aromatic nitrogens is 6. The molecule has 0 aliphatic carbocycles. The maximum Gasteiger partial charge on any atom is 0.225 e. The first kappa shape index (κ1) is 20.7. The van der Waals surface area contributed by atoms with Crippen molar-refractivity contribution in [1.29, 1.82) is 0 Å². The van der Waals surface area contributed by atoms with E-state index in [-0.39, 0.29) is 5.91 Å². The van der Waals surface area contributed by atoms with Gasteiger partial charge in [-0.25, -0.2) is 9.97 Å². The van der Waals surface area contributed by atoms with Crippen LogP contribution < -0.4 is 5.32 Å². The second-order valence-electron chi connectivity index (χ2n) is 8.22. The summed E-state index contributed by atoms with van der Waals surface area (Å²) in [7, 11) is 0. The van der Waals surface area contributed by atoms with E-state index in [1.807, 2.05) is 24.4 Å². The molecule has 0 saturated heterocycles. The number of rotatable bonds is 5. The molecule has 0 aliphatic rings. The highest BCUT2D eigenvalue weighted by atomic mass is 16.1. The summed E-state index contributed by atoms with van der Waals surface area (Å²) in [6, 6.07) is 18.1. The largest absolute Gasteiger partial charge is 0.353 e. The Morgan fingerprint density at radius 2 is 1.83 bits per heavy atom. The van der Waals surface area contributed by atoms with E-state index in [0.29, 0.717) is 17.9 Å². The van der Waals surface area contributed by atoms with Crippen LogP contribution in [0.1, 0.15) is 13.3 Å². The zero-order chi connectivity index (χ0) is 23.8. The molecule has 0 radical (unpaired) electrons. The molecule has 0 spiro atoms. The molecule has 5 heterocycles. The molecule has 35 heavy (non-hydrogen) atoms. The highest BCUT2D eigenvalue weighted by molar-refractivity contribution is 6.01. The number of hydrogen-bond acceptors (Lipinski definition) is 5. The third-order valence-corrected chi connectivity index (χ3v) is 6.00. The fourth-order valence-electron chi connectivity index (χ4n) is 4.20. The van der Waals surface area contributed by atoms with Gasteiger partial charge in [-0.2, -0.15) is 5.10 Å². The molecule has 8 heteroatoms. The summed E-state index contributed by atoms with van der Waals surface area (Å²) >= 11 is 0. The zero-order valence-electron chi connectivity index (χ0n) is 18.9. The number of H-pyrrole nitrogens is 2. The van der Waals surface area contributed by atoms with Gasteiger partial charge in [0, 0.05) is 64.2 Å². The summed E-state index contributed by atoms with van der Waals surface area (Å²) < 4.78 is 0. The van der Waals surface area contributed by atoms with Gasteiger partial charge in [0.2, 0.25) is 5.91 Å². The molecule has 5 aromatic heterocycles. The van der Waals surface area contributed by atoms with Crippen molar-refractivity contribution in [2.45, 2.75) is 13.3 Å². The van der Waals surface area contributed by atoms with Crippen LogP contribution in [0.4, 0.5) is 5.82 Å². The highest BCUT2D eigenvalue weighted by Gasteiger charge is 2.15. The summed E-state index contributed by atoms with van der Waals surface area (Å²) in [5.41, 5.74) is 7.44. The van der Waals surface area contributed by atoms with Crippen LogP contribution in [0.15, 0.2) is 79.4 Å². The van der Waals surface area contributed by atoms with Crippen molar-refractivity contribution in [3.8, 4) is 33.6 Å². The standard InChI is InChI=1S/C27H21N7O/c1-2-25(35)32-24-9-8-16(14-29-24)18-11-21-26(33-34-27(21)30-15-18)23-12-20-19(6-3-7-22(20)31-23)17-5-4-10-28-13-17/h3-15,31H,2H2,1H3,(H,29,32,35)(H,30,33,34). The number of pyridine rings is 3. The number of nitrogens with zero attached hydrogens (tertiary/aromatic N) is 4. The molecular weight excluding hydrogens is 438 g/mol. The first-order valence-electron chi connectivity index (χ1n) is 11.3. The van der Waals surface area contributed by atoms with Gasteiger partial charge in [-0.05, 0) is 42.0 Å². The number of carbonyl (C=O) groups excluding carboxylic acids is 1. The quantitative estimate of drug-likeness (QED) is 0.312. The Balaban J connectivity index is 1.40. The Kier molecular flexibility index (Phi) is 5.03. The van der Waals surface area contributed by atoms with Crippen LogP contribution in [0.2, 0.25) is 0 Å². The lowest BCUT2D eigenvalue weighted by atomic mass is 10.0. The Hall–Kier alpha value is -4.85. The monoisotopic (exact) mass is 459 g/mol. The topological polar surface area (TPSA) is 112 Å². The van der Waals surface area contributed by atoms with Crippen LogP contribution in [0.3, 0.4) is 0 Å². The van der Waals surface area contributed by atoms with E-state index in [2.05, 4.69) is 65.8 Å². The molecule has 0 fully saturated rings. The molecule has 0 aliphatic heterocycles. The van der Waals surface area contributed by atoms with Crippen molar-refractivity contribution in [1.82, 2.24) is 30.1 Å². The van der Waals surface area contributed by atoms with Gasteiger partial charge in [-0.3, -0.25) is 14.9 Å². The van der Waals surface area contributed by atoms with Gasteiger partial charge < -0.3 is 10.3 Å². The highest BCUT2D eigenvalue weighted by Crippen LogP contribution is 2.34. The second kappa shape index (κ2) is 8.49. The van der Waals surface area contributed by atoms with Crippen LogP contribution in [0, 0.1) is 0 Å². The van der Waals surface area contributed by atoms with Crippen molar-refractivity contribution < 1.29 is 4.79 Å². The number of anilines is 1. The molecule has 0 atom stereocenters.